The van der Waals surface area contributed by atoms with E-state index in [1.807, 2.05) is 6.92 Å². The number of thiazole rings is 1. The Hall–Kier alpha value is -2.01. The van der Waals surface area contributed by atoms with Crippen molar-refractivity contribution in [2.45, 2.75) is 6.92 Å². The number of ketones is 1. The summed E-state index contributed by atoms with van der Waals surface area (Å²) in [4.78, 5) is 21.0. The molecule has 4 nitrogen and oxygen atoms in total. The quantitative estimate of drug-likeness (QED) is 0.626. The molecule has 0 N–H and O–H groups in total. The molecule has 0 aliphatic heterocycles. The molecule has 0 saturated heterocycles. The van der Waals surface area contributed by atoms with Crippen molar-refractivity contribution in [2.24, 2.45) is 0 Å². The number of ether oxygens (including phenoxy) is 1. The molecule has 0 radical (unpaired) electrons. The van der Waals surface area contributed by atoms with Crippen LogP contribution in [0.25, 0.3) is 6.08 Å². The van der Waals surface area contributed by atoms with Crippen LogP contribution in [0.15, 0.2) is 29.9 Å². The molecule has 0 aliphatic carbocycles. The zero-order chi connectivity index (χ0) is 13.0. The van der Waals surface area contributed by atoms with Gasteiger partial charge in [-0.3, -0.25) is 4.79 Å². The predicted octanol–water partition coefficient (Wildman–Crippen LogP) is 2.75. The number of pyridine rings is 1. The van der Waals surface area contributed by atoms with Gasteiger partial charge in [-0.25, -0.2) is 9.97 Å². The van der Waals surface area contributed by atoms with Gasteiger partial charge in [0.2, 0.25) is 5.88 Å². The largest absolute Gasteiger partial charge is 0.481 e. The topological polar surface area (TPSA) is 52.1 Å². The Balaban J connectivity index is 2.12. The Morgan fingerprint density at radius 3 is 2.78 bits per heavy atom. The number of hydrogen-bond donors (Lipinski definition) is 0. The highest BCUT2D eigenvalue weighted by Crippen LogP contribution is 2.15. The van der Waals surface area contributed by atoms with Gasteiger partial charge in [0.05, 0.1) is 18.3 Å². The molecule has 2 rings (SSSR count). The SMILES string of the molecule is COc1ccc(C(=O)C=Cc2scnc2C)cn1. The number of rotatable bonds is 4. The van der Waals surface area contributed by atoms with Crippen molar-refractivity contribution in [2.75, 3.05) is 7.11 Å². The first-order valence-corrected chi connectivity index (χ1v) is 6.21. The summed E-state index contributed by atoms with van der Waals surface area (Å²) in [5, 5.41) is 0. The number of aromatic nitrogens is 2. The van der Waals surface area contributed by atoms with Gasteiger partial charge in [0, 0.05) is 22.7 Å². The van der Waals surface area contributed by atoms with E-state index in [1.54, 1.807) is 23.7 Å². The molecule has 0 amide bonds. The van der Waals surface area contributed by atoms with Crippen LogP contribution in [-0.2, 0) is 0 Å². The third-order valence-electron chi connectivity index (χ3n) is 2.40. The zero-order valence-electron chi connectivity index (χ0n) is 10.1. The number of nitrogens with zero attached hydrogens (tertiary/aromatic N) is 2. The van der Waals surface area contributed by atoms with Crippen molar-refractivity contribution < 1.29 is 9.53 Å². The second-order valence-corrected chi connectivity index (χ2v) is 4.48. The standard InChI is InChI=1S/C13H12N2O2S/c1-9-12(18-8-15-9)5-4-11(16)10-3-6-13(17-2)14-7-10/h3-8H,1-2H3. The van der Waals surface area contributed by atoms with Gasteiger partial charge in [-0.1, -0.05) is 0 Å². The van der Waals surface area contributed by atoms with Gasteiger partial charge < -0.3 is 4.74 Å². The van der Waals surface area contributed by atoms with Gasteiger partial charge >= 0.3 is 0 Å². The lowest BCUT2D eigenvalue weighted by Crippen LogP contribution is -1.96. The van der Waals surface area contributed by atoms with E-state index < -0.39 is 0 Å². The maximum atomic E-state index is 11.9. The summed E-state index contributed by atoms with van der Waals surface area (Å²) in [7, 11) is 1.54. The first-order valence-electron chi connectivity index (χ1n) is 5.33. The highest BCUT2D eigenvalue weighted by Gasteiger charge is 2.03. The summed E-state index contributed by atoms with van der Waals surface area (Å²) in [5.74, 6) is 0.409. The van der Waals surface area contributed by atoms with Crippen LogP contribution in [0.2, 0.25) is 0 Å². The Kier molecular flexibility index (Phi) is 3.84. The highest BCUT2D eigenvalue weighted by molar-refractivity contribution is 7.10. The third kappa shape index (κ3) is 2.81. The van der Waals surface area contributed by atoms with Gasteiger partial charge in [0.15, 0.2) is 5.78 Å². The second kappa shape index (κ2) is 5.55. The van der Waals surface area contributed by atoms with E-state index in [9.17, 15) is 4.79 Å². The van der Waals surface area contributed by atoms with E-state index >= 15 is 0 Å². The first-order chi connectivity index (χ1) is 8.70. The average molecular weight is 260 g/mol. The Morgan fingerprint density at radius 1 is 1.39 bits per heavy atom. The average Bonchev–Trinajstić information content (AvgIpc) is 2.81. The molecule has 0 spiro atoms. The monoisotopic (exact) mass is 260 g/mol. The Morgan fingerprint density at radius 2 is 2.22 bits per heavy atom. The van der Waals surface area contributed by atoms with Crippen LogP contribution in [0.3, 0.4) is 0 Å². The lowest BCUT2D eigenvalue weighted by molar-refractivity contribution is 0.104. The van der Waals surface area contributed by atoms with Crippen LogP contribution in [0.1, 0.15) is 20.9 Å². The molecule has 2 aromatic heterocycles. The fourth-order valence-corrected chi connectivity index (χ4v) is 2.06. The summed E-state index contributed by atoms with van der Waals surface area (Å²) in [5.41, 5.74) is 3.22. The predicted molar refractivity (Wildman–Crippen MR) is 71.0 cm³/mol. The number of aryl methyl sites for hydroxylation is 1. The minimum Gasteiger partial charge on any atom is -0.481 e. The van der Waals surface area contributed by atoms with Crippen LogP contribution in [0.5, 0.6) is 5.88 Å². The molecule has 2 heterocycles. The van der Waals surface area contributed by atoms with Gasteiger partial charge in [-0.2, -0.15) is 0 Å². The lowest BCUT2D eigenvalue weighted by atomic mass is 10.2. The number of allylic oxidation sites excluding steroid dienone is 1. The van der Waals surface area contributed by atoms with Crippen molar-refractivity contribution in [3.63, 3.8) is 0 Å². The minimum absolute atomic E-state index is 0.0852. The summed E-state index contributed by atoms with van der Waals surface area (Å²) >= 11 is 1.51. The zero-order valence-corrected chi connectivity index (χ0v) is 10.9. The molecular formula is C13H12N2O2S. The van der Waals surface area contributed by atoms with Crippen LogP contribution in [0, 0.1) is 6.92 Å². The van der Waals surface area contributed by atoms with E-state index in [-0.39, 0.29) is 5.78 Å². The van der Waals surface area contributed by atoms with E-state index in [4.69, 9.17) is 4.74 Å². The van der Waals surface area contributed by atoms with Crippen molar-refractivity contribution in [3.8, 4) is 5.88 Å². The fraction of sp³-hybridized carbons (Fsp3) is 0.154. The normalized spacial score (nSPS) is 10.8. The molecule has 0 atom stereocenters. The molecule has 5 heteroatoms. The first kappa shape index (κ1) is 12.4. The van der Waals surface area contributed by atoms with Crippen LogP contribution in [-0.4, -0.2) is 22.9 Å². The molecule has 0 fully saturated rings. The minimum atomic E-state index is -0.0852. The van der Waals surface area contributed by atoms with Gasteiger partial charge in [-0.05, 0) is 25.1 Å². The number of carbonyl (C=O) groups is 1. The fourth-order valence-electron chi connectivity index (χ4n) is 1.37. The van der Waals surface area contributed by atoms with Crippen LogP contribution >= 0.6 is 11.3 Å². The maximum absolute atomic E-state index is 11.9. The number of carbonyl (C=O) groups excluding carboxylic acids is 1. The number of methoxy groups -OCH3 is 1. The summed E-state index contributed by atoms with van der Waals surface area (Å²) in [6.45, 7) is 1.91. The van der Waals surface area contributed by atoms with E-state index in [2.05, 4.69) is 9.97 Å². The summed E-state index contributed by atoms with van der Waals surface area (Å²) in [6.07, 6.45) is 4.81. The van der Waals surface area contributed by atoms with Crippen molar-refractivity contribution in [1.82, 2.24) is 9.97 Å². The third-order valence-corrected chi connectivity index (χ3v) is 3.29. The van der Waals surface area contributed by atoms with Crippen LogP contribution < -0.4 is 4.74 Å². The van der Waals surface area contributed by atoms with Crippen molar-refractivity contribution in [1.29, 1.82) is 0 Å². The van der Waals surface area contributed by atoms with E-state index in [0.29, 0.717) is 11.4 Å². The van der Waals surface area contributed by atoms with Crippen molar-refractivity contribution >= 4 is 23.2 Å². The molecule has 0 aromatic carbocycles. The lowest BCUT2D eigenvalue weighted by Gasteiger charge is -1.98. The maximum Gasteiger partial charge on any atom is 0.212 e. The van der Waals surface area contributed by atoms with Crippen molar-refractivity contribution in [3.05, 3.63) is 46.1 Å². The molecule has 92 valence electrons. The summed E-state index contributed by atoms with van der Waals surface area (Å²) < 4.78 is 4.94. The molecular weight excluding hydrogens is 248 g/mol. The van der Waals surface area contributed by atoms with Gasteiger partial charge in [0.25, 0.3) is 0 Å². The van der Waals surface area contributed by atoms with E-state index in [1.165, 1.54) is 30.7 Å². The smallest absolute Gasteiger partial charge is 0.212 e. The highest BCUT2D eigenvalue weighted by atomic mass is 32.1. The molecule has 0 aliphatic rings. The molecule has 0 unspecified atom stereocenters. The molecule has 0 saturated carbocycles. The Labute approximate surface area is 109 Å². The number of hydrogen-bond acceptors (Lipinski definition) is 5. The molecule has 0 bridgehead atoms. The molecule has 2 aromatic rings. The molecule has 18 heavy (non-hydrogen) atoms. The van der Waals surface area contributed by atoms with Crippen LogP contribution in [0.4, 0.5) is 0 Å². The summed E-state index contributed by atoms with van der Waals surface area (Å²) in [6, 6.07) is 3.36. The second-order valence-electron chi connectivity index (χ2n) is 3.59. The van der Waals surface area contributed by atoms with Gasteiger partial charge in [-0.15, -0.1) is 11.3 Å². The van der Waals surface area contributed by atoms with Gasteiger partial charge in [0.1, 0.15) is 0 Å². The Bertz CT molecular complexity index is 573. The van der Waals surface area contributed by atoms with E-state index in [0.717, 1.165) is 10.6 Å².